The van der Waals surface area contributed by atoms with Crippen LogP contribution in [0.2, 0.25) is 0 Å². The molecule has 5 aromatic rings. The molecule has 14 nitrogen and oxygen atoms in total. The first-order valence-corrected chi connectivity index (χ1v) is 22.4. The van der Waals surface area contributed by atoms with Gasteiger partial charge in [-0.25, -0.2) is 0 Å². The molecule has 340 valence electrons. The van der Waals surface area contributed by atoms with Gasteiger partial charge in [-0.3, -0.25) is 24.0 Å². The molecule has 0 aliphatic heterocycles. The lowest BCUT2D eigenvalue weighted by Gasteiger charge is -2.31. The maximum absolute atomic E-state index is 15.3. The number of methoxy groups -OCH3 is 2. The van der Waals surface area contributed by atoms with E-state index in [-0.39, 0.29) is 96.3 Å². The van der Waals surface area contributed by atoms with Crippen LogP contribution in [0.15, 0.2) is 27.3 Å². The molecule has 5 unspecified atom stereocenters. The normalized spacial score (nSPS) is 21.1. The van der Waals surface area contributed by atoms with Crippen LogP contribution in [0.4, 0.5) is 5.69 Å². The summed E-state index contributed by atoms with van der Waals surface area (Å²) in [7, 11) is 2.92. The Morgan fingerprint density at radius 1 is 0.766 bits per heavy atom. The Kier molecular flexibility index (Phi) is 13.1. The van der Waals surface area contributed by atoms with Crippen molar-refractivity contribution in [3.05, 3.63) is 66.0 Å². The fourth-order valence-electron chi connectivity index (χ4n) is 11.3. The van der Waals surface area contributed by atoms with Gasteiger partial charge in [-0.1, -0.05) is 30.9 Å². The number of nitrogens with one attached hydrogen (secondary N) is 1. The van der Waals surface area contributed by atoms with Gasteiger partial charge in [0, 0.05) is 53.8 Å². The number of benzene rings is 5. The number of carbonyl (C=O) groups is 3. The van der Waals surface area contributed by atoms with Crippen molar-refractivity contribution >= 4 is 72.6 Å². The summed E-state index contributed by atoms with van der Waals surface area (Å²) in [4.78, 5) is 69.9. The van der Waals surface area contributed by atoms with Crippen LogP contribution in [-0.2, 0) is 48.2 Å². The molecule has 0 bridgehead atoms. The number of ketones is 1. The molecule has 0 amide bonds. The third kappa shape index (κ3) is 7.71. The van der Waals surface area contributed by atoms with E-state index >= 15 is 4.79 Å². The number of aliphatic hydroxyl groups is 3. The van der Waals surface area contributed by atoms with Crippen LogP contribution in [-0.4, -0.2) is 84.8 Å². The summed E-state index contributed by atoms with van der Waals surface area (Å²) in [6.07, 6.45) is 7.52. The van der Waals surface area contributed by atoms with Gasteiger partial charge < -0.3 is 44.7 Å². The van der Waals surface area contributed by atoms with E-state index in [9.17, 15) is 39.6 Å². The summed E-state index contributed by atoms with van der Waals surface area (Å²) in [5, 5.41) is 50.3. The van der Waals surface area contributed by atoms with Crippen molar-refractivity contribution in [2.45, 2.75) is 103 Å². The summed E-state index contributed by atoms with van der Waals surface area (Å²) in [6, 6.07) is 2.70. The Labute approximate surface area is 369 Å². The van der Waals surface area contributed by atoms with E-state index in [1.54, 1.807) is 13.0 Å². The van der Waals surface area contributed by atoms with Gasteiger partial charge in [-0.05, 0) is 109 Å². The maximum Gasteiger partial charge on any atom is 0.309 e. The summed E-state index contributed by atoms with van der Waals surface area (Å²) in [5.74, 6) is -3.07. The Morgan fingerprint density at radius 2 is 1.42 bits per heavy atom. The van der Waals surface area contributed by atoms with Gasteiger partial charge in [-0.2, -0.15) is 0 Å². The number of hydrogen-bond acceptors (Lipinski definition) is 14. The summed E-state index contributed by atoms with van der Waals surface area (Å²) < 4.78 is 22.1. The maximum atomic E-state index is 15.3. The molecule has 3 aliphatic carbocycles. The number of esters is 2. The number of phenolic OH excluding ortho intramolecular Hbond substituents is 1. The second-order valence-corrected chi connectivity index (χ2v) is 17.9. The molecule has 0 heterocycles. The third-order valence-corrected chi connectivity index (χ3v) is 14.0. The first kappa shape index (κ1) is 45.2. The van der Waals surface area contributed by atoms with Crippen molar-refractivity contribution in [1.82, 2.24) is 0 Å². The number of fused-ring (bicyclic) bond motifs is 1. The van der Waals surface area contributed by atoms with Gasteiger partial charge in [0.05, 0.1) is 62.1 Å². The van der Waals surface area contributed by atoms with Crippen LogP contribution in [0.3, 0.4) is 0 Å². The summed E-state index contributed by atoms with van der Waals surface area (Å²) in [6.45, 7) is 2.60. The molecular formula is C50H57NO13. The number of anilines is 1. The number of rotatable bonds is 16. The fraction of sp³-hybridized carbons (Fsp3) is 0.500. The number of carbonyl (C=O) groups excluding carboxylic acids is 3. The first-order chi connectivity index (χ1) is 30.9. The molecule has 64 heavy (non-hydrogen) atoms. The van der Waals surface area contributed by atoms with Crippen molar-refractivity contribution in [1.29, 1.82) is 0 Å². The Bertz CT molecular complexity index is 2800. The predicted molar refractivity (Wildman–Crippen MR) is 243 cm³/mol. The lowest BCUT2D eigenvalue weighted by molar-refractivity contribution is -0.151. The van der Waals surface area contributed by atoms with Crippen molar-refractivity contribution in [3.63, 3.8) is 0 Å². The highest BCUT2D eigenvalue weighted by molar-refractivity contribution is 6.39. The molecule has 5 atom stereocenters. The van der Waals surface area contributed by atoms with Gasteiger partial charge in [0.25, 0.3) is 0 Å². The molecule has 0 saturated heterocycles. The third-order valence-electron chi connectivity index (χ3n) is 14.0. The van der Waals surface area contributed by atoms with Crippen LogP contribution >= 0.6 is 0 Å². The minimum absolute atomic E-state index is 0.0137. The van der Waals surface area contributed by atoms with Gasteiger partial charge in [-0.15, -0.1) is 0 Å². The smallest absolute Gasteiger partial charge is 0.309 e. The Morgan fingerprint density at radius 3 is 2.08 bits per heavy atom. The largest absolute Gasteiger partial charge is 0.507 e. The van der Waals surface area contributed by atoms with E-state index in [1.165, 1.54) is 27.2 Å². The number of aliphatic hydroxyl groups excluding tert-OH is 3. The van der Waals surface area contributed by atoms with Crippen molar-refractivity contribution < 1.29 is 53.8 Å². The molecule has 5 N–H and O–H groups in total. The van der Waals surface area contributed by atoms with Crippen LogP contribution in [0.5, 0.6) is 11.5 Å². The van der Waals surface area contributed by atoms with Crippen molar-refractivity contribution in [2.75, 3.05) is 46.0 Å². The second kappa shape index (κ2) is 18.6. The number of Topliss-reactive ketones (excluding diaryl/α,β-unsaturated/α-hetero) is 1. The van der Waals surface area contributed by atoms with Crippen molar-refractivity contribution in [3.8, 4) is 11.5 Å². The van der Waals surface area contributed by atoms with E-state index in [2.05, 4.69) is 5.32 Å². The van der Waals surface area contributed by atoms with E-state index in [4.69, 9.17) is 18.9 Å². The van der Waals surface area contributed by atoms with E-state index in [0.29, 0.717) is 111 Å². The van der Waals surface area contributed by atoms with Crippen LogP contribution in [0.1, 0.15) is 105 Å². The van der Waals surface area contributed by atoms with Crippen LogP contribution < -0.4 is 20.9 Å². The zero-order chi connectivity index (χ0) is 45.6. The second-order valence-electron chi connectivity index (χ2n) is 17.9. The van der Waals surface area contributed by atoms with E-state index in [0.717, 1.165) is 12.8 Å². The molecule has 8 rings (SSSR count). The van der Waals surface area contributed by atoms with Gasteiger partial charge in [0.15, 0.2) is 11.2 Å². The molecule has 0 aromatic heterocycles. The highest BCUT2D eigenvalue weighted by Gasteiger charge is 2.38. The first-order valence-electron chi connectivity index (χ1n) is 22.4. The Hall–Kier alpha value is -5.41. The van der Waals surface area contributed by atoms with E-state index < -0.39 is 35.9 Å². The standard InChI is InChI=1S/C50H57NO13/c1-24-16-32-33(18-26-8-5-9-27(17-26)49(59)64-15-14-61-3)46(57)41-35(56)21-30(23-54)38-37-29(22-53)20-34(51-31-11-6-10-28(19-31)50(60)63-13-7-12-52)40-43(37)44(39(32)42(38)41)45(36(24)25(2)55)48(62-4)47(40)58/h16,20-21,26-28,31,36,51-54,57H,5-15,17-19,22-23H2,1-4H3. The number of phenols is 1. The summed E-state index contributed by atoms with van der Waals surface area (Å²) >= 11 is 0. The van der Waals surface area contributed by atoms with Crippen LogP contribution in [0, 0.1) is 17.8 Å². The van der Waals surface area contributed by atoms with Gasteiger partial charge in [0.2, 0.25) is 5.43 Å². The Balaban J connectivity index is 1.43. The number of allylic oxidation sites excluding steroid dienone is 1. The molecular weight excluding hydrogens is 823 g/mol. The summed E-state index contributed by atoms with van der Waals surface area (Å²) in [5.41, 5.74) is 1.89. The minimum Gasteiger partial charge on any atom is -0.507 e. The monoisotopic (exact) mass is 879 g/mol. The zero-order valence-electron chi connectivity index (χ0n) is 36.9. The molecule has 14 heteroatoms. The molecule has 5 aromatic carbocycles. The lowest BCUT2D eigenvalue weighted by atomic mass is 9.76. The number of ether oxygens (including phenoxy) is 4. The highest BCUT2D eigenvalue weighted by atomic mass is 16.6. The molecule has 0 radical (unpaired) electrons. The molecule has 3 aliphatic rings. The molecule has 2 fully saturated rings. The number of aromatic hydroxyl groups is 1. The highest BCUT2D eigenvalue weighted by Crippen LogP contribution is 2.55. The topological polar surface area (TPSA) is 215 Å². The zero-order valence-corrected chi connectivity index (χ0v) is 36.9. The minimum atomic E-state index is -0.979. The van der Waals surface area contributed by atoms with Gasteiger partial charge >= 0.3 is 11.9 Å². The fourth-order valence-corrected chi connectivity index (χ4v) is 11.3. The quantitative estimate of drug-likeness (QED) is 0.0327. The molecule has 2 saturated carbocycles. The van der Waals surface area contributed by atoms with Crippen LogP contribution in [0.25, 0.3) is 49.2 Å². The van der Waals surface area contributed by atoms with Gasteiger partial charge in [0.1, 0.15) is 18.1 Å². The number of hydrogen-bond donors (Lipinski definition) is 5. The van der Waals surface area contributed by atoms with Crippen molar-refractivity contribution in [2.24, 2.45) is 17.8 Å². The predicted octanol–water partition coefficient (Wildman–Crippen LogP) is 6.12. The van der Waals surface area contributed by atoms with E-state index in [1.807, 2.05) is 6.08 Å². The molecule has 0 spiro atoms. The SMILES string of the molecule is COCCOC(=O)C1CCCC(Cc2c(O)c3c(=O)cc(CO)c4c5c(CO)cc(NC6CCCC(C(=O)OCCCO)C6)c6c(=O)c(OC)c7c(c(c2C=C(C)C7C(C)=O)c34)c65)C1. The lowest BCUT2D eigenvalue weighted by Crippen LogP contribution is -2.32. The average molecular weight is 880 g/mol. The average Bonchev–Trinajstić information content (AvgIpc) is 3.42.